The van der Waals surface area contributed by atoms with Crippen LogP contribution in [0.3, 0.4) is 0 Å². The lowest BCUT2D eigenvalue weighted by Gasteiger charge is -2.37. The van der Waals surface area contributed by atoms with Gasteiger partial charge in [-0.25, -0.2) is 0 Å². The molecule has 2 unspecified atom stereocenters. The fourth-order valence-electron chi connectivity index (χ4n) is 7.13. The molecule has 1 aromatic rings. The van der Waals surface area contributed by atoms with Crippen molar-refractivity contribution in [1.82, 2.24) is 0 Å². The summed E-state index contributed by atoms with van der Waals surface area (Å²) in [6, 6.07) is 8.44. The first-order chi connectivity index (χ1) is 15.6. The molecule has 7 rings (SSSR count). The zero-order valence-corrected chi connectivity index (χ0v) is 18.7. The Morgan fingerprint density at radius 1 is 1.06 bits per heavy atom. The Bertz CT molecular complexity index is 960. The van der Waals surface area contributed by atoms with Crippen molar-refractivity contribution in [2.24, 2.45) is 41.4 Å². The Kier molecular flexibility index (Phi) is 4.93. The van der Waals surface area contributed by atoms with Gasteiger partial charge in [0.1, 0.15) is 24.6 Å². The molecule has 3 fully saturated rings. The molecular weight excluding hydrogens is 400 g/mol. The number of hydrogen-bond acceptors (Lipinski definition) is 4. The predicted molar refractivity (Wildman–Crippen MR) is 122 cm³/mol. The average Bonchev–Trinajstić information content (AvgIpc) is 3.35. The molecule has 3 aliphatic carbocycles. The van der Waals surface area contributed by atoms with Gasteiger partial charge in [-0.1, -0.05) is 43.7 Å². The molecule has 32 heavy (non-hydrogen) atoms. The van der Waals surface area contributed by atoms with Crippen LogP contribution >= 0.6 is 0 Å². The highest BCUT2D eigenvalue weighted by atomic mass is 16.7. The second-order valence-electron chi connectivity index (χ2n) is 10.5. The average molecular weight is 433 g/mol. The zero-order chi connectivity index (χ0) is 21.8. The Hall–Kier alpha value is -2.49. The standard InChI is InChI=1S/C28H32O4/c1-3-18-7-11-21-23-12-16(2)4-10-22(23)28-27(21)26(18)24(29)14-25-30-15-20(31-25)13-17-5-8-19(32-28)9-6-17/h3,5-9,11,14,16,18,20-23,26-28H,1,4,10,12-13,15H2,2H3/b25-14+/t16-,18+,20-,21+,22-,23+,26?,27+,28?/m1/s1. The number of carbonyl (C=O) groups is 1. The first-order valence-electron chi connectivity index (χ1n) is 12.2. The lowest BCUT2D eigenvalue weighted by atomic mass is 9.67. The lowest BCUT2D eigenvalue weighted by Crippen LogP contribution is -2.42. The maximum Gasteiger partial charge on any atom is 0.283 e. The van der Waals surface area contributed by atoms with Crippen LogP contribution in [0.25, 0.3) is 0 Å². The molecule has 4 heteroatoms. The van der Waals surface area contributed by atoms with Crippen LogP contribution in [0.5, 0.6) is 5.75 Å². The number of carbonyl (C=O) groups excluding carboxylic acids is 1. The third-order valence-electron chi connectivity index (χ3n) is 8.56. The molecule has 3 aliphatic heterocycles. The van der Waals surface area contributed by atoms with Crippen molar-refractivity contribution in [1.29, 1.82) is 0 Å². The van der Waals surface area contributed by atoms with Gasteiger partial charge in [-0.3, -0.25) is 4.79 Å². The van der Waals surface area contributed by atoms with E-state index in [0.29, 0.717) is 30.3 Å². The van der Waals surface area contributed by atoms with E-state index in [2.05, 4.69) is 49.9 Å². The fourth-order valence-corrected chi connectivity index (χ4v) is 7.13. The van der Waals surface area contributed by atoms with Crippen molar-refractivity contribution >= 4 is 5.78 Å². The van der Waals surface area contributed by atoms with Gasteiger partial charge in [-0.15, -0.1) is 6.58 Å². The van der Waals surface area contributed by atoms with E-state index in [4.69, 9.17) is 14.2 Å². The van der Waals surface area contributed by atoms with Crippen LogP contribution in [0, 0.1) is 41.4 Å². The van der Waals surface area contributed by atoms with Crippen LogP contribution in [0.2, 0.25) is 0 Å². The Balaban J connectivity index is 1.46. The van der Waals surface area contributed by atoms with Crippen LogP contribution < -0.4 is 4.74 Å². The van der Waals surface area contributed by atoms with E-state index < -0.39 is 0 Å². The number of ketones is 1. The molecule has 4 bridgehead atoms. The van der Waals surface area contributed by atoms with Crippen molar-refractivity contribution < 1.29 is 19.0 Å². The summed E-state index contributed by atoms with van der Waals surface area (Å²) in [5.74, 6) is 3.42. The minimum absolute atomic E-state index is 0.00300. The van der Waals surface area contributed by atoms with Gasteiger partial charge in [0.15, 0.2) is 5.78 Å². The van der Waals surface area contributed by atoms with Crippen LogP contribution in [-0.4, -0.2) is 24.6 Å². The summed E-state index contributed by atoms with van der Waals surface area (Å²) >= 11 is 0. The molecule has 0 amide bonds. The predicted octanol–water partition coefficient (Wildman–Crippen LogP) is 5.10. The third-order valence-corrected chi connectivity index (χ3v) is 8.56. The molecule has 0 radical (unpaired) electrons. The summed E-state index contributed by atoms with van der Waals surface area (Å²) in [7, 11) is 0. The highest BCUT2D eigenvalue weighted by Crippen LogP contribution is 2.57. The van der Waals surface area contributed by atoms with Gasteiger partial charge in [0.05, 0.1) is 6.08 Å². The number of hydrogen-bond donors (Lipinski definition) is 0. The van der Waals surface area contributed by atoms with Gasteiger partial charge < -0.3 is 14.2 Å². The topological polar surface area (TPSA) is 44.8 Å². The van der Waals surface area contributed by atoms with E-state index in [1.54, 1.807) is 6.08 Å². The van der Waals surface area contributed by atoms with Crippen molar-refractivity contribution in [2.45, 2.75) is 44.8 Å². The summed E-state index contributed by atoms with van der Waals surface area (Å²) in [5, 5.41) is 0. The number of rotatable bonds is 1. The van der Waals surface area contributed by atoms with Gasteiger partial charge >= 0.3 is 0 Å². The quantitative estimate of drug-likeness (QED) is 0.579. The molecule has 4 nitrogen and oxygen atoms in total. The normalized spacial score (nSPS) is 43.6. The van der Waals surface area contributed by atoms with Gasteiger partial charge in [0.25, 0.3) is 5.95 Å². The molecule has 168 valence electrons. The molecule has 2 saturated carbocycles. The fraction of sp³-hybridized carbons (Fsp3) is 0.536. The zero-order valence-electron chi connectivity index (χ0n) is 18.7. The van der Waals surface area contributed by atoms with Crippen molar-refractivity contribution in [3.8, 4) is 5.75 Å². The van der Waals surface area contributed by atoms with E-state index in [1.165, 1.54) is 24.8 Å². The smallest absolute Gasteiger partial charge is 0.283 e. The second-order valence-corrected chi connectivity index (χ2v) is 10.5. The molecule has 3 heterocycles. The minimum Gasteiger partial charge on any atom is -0.490 e. The van der Waals surface area contributed by atoms with Crippen molar-refractivity contribution in [2.75, 3.05) is 6.61 Å². The largest absolute Gasteiger partial charge is 0.490 e. The molecule has 0 aromatic heterocycles. The van der Waals surface area contributed by atoms with E-state index in [0.717, 1.165) is 18.1 Å². The van der Waals surface area contributed by atoms with E-state index in [-0.39, 0.29) is 35.7 Å². The van der Waals surface area contributed by atoms with Crippen LogP contribution in [0.15, 0.2) is 61.1 Å². The van der Waals surface area contributed by atoms with Crippen LogP contribution in [-0.2, 0) is 20.7 Å². The maximum absolute atomic E-state index is 13.7. The number of allylic oxidation sites excluding steroid dienone is 4. The molecule has 9 atom stereocenters. The minimum atomic E-state index is -0.200. The highest BCUT2D eigenvalue weighted by molar-refractivity contribution is 5.93. The molecule has 6 aliphatic rings. The maximum atomic E-state index is 13.7. The van der Waals surface area contributed by atoms with Crippen LogP contribution in [0.4, 0.5) is 0 Å². The van der Waals surface area contributed by atoms with Crippen molar-refractivity contribution in [3.05, 3.63) is 66.7 Å². The van der Waals surface area contributed by atoms with E-state index in [9.17, 15) is 4.79 Å². The summed E-state index contributed by atoms with van der Waals surface area (Å²) in [6.07, 6.45) is 12.4. The Morgan fingerprint density at radius 3 is 2.72 bits per heavy atom. The molecule has 0 N–H and O–H groups in total. The van der Waals surface area contributed by atoms with Crippen LogP contribution in [0.1, 0.15) is 31.7 Å². The summed E-state index contributed by atoms with van der Waals surface area (Å²) < 4.78 is 18.6. The summed E-state index contributed by atoms with van der Waals surface area (Å²) in [6.45, 7) is 6.91. The summed E-state index contributed by atoms with van der Waals surface area (Å²) in [4.78, 5) is 13.7. The monoisotopic (exact) mass is 432 g/mol. The number of ether oxygens (including phenoxy) is 3. The first-order valence-corrected chi connectivity index (χ1v) is 12.2. The summed E-state index contributed by atoms with van der Waals surface area (Å²) in [5.41, 5.74) is 1.19. The second kappa shape index (κ2) is 7.83. The molecule has 0 spiro atoms. The number of fused-ring (bicyclic) bond motifs is 5. The van der Waals surface area contributed by atoms with Gasteiger partial charge in [-0.05, 0) is 54.2 Å². The Labute approximate surface area is 190 Å². The Morgan fingerprint density at radius 2 is 1.91 bits per heavy atom. The van der Waals surface area contributed by atoms with Gasteiger partial charge in [0, 0.05) is 24.2 Å². The molecular formula is C28H32O4. The van der Waals surface area contributed by atoms with Gasteiger partial charge in [0.2, 0.25) is 0 Å². The van der Waals surface area contributed by atoms with Gasteiger partial charge in [-0.2, -0.15) is 0 Å². The lowest BCUT2D eigenvalue weighted by molar-refractivity contribution is -0.123. The SMILES string of the molecule is C=C[C@H]1C=C[C@@H]2[C@H]3C1C(=O)/C=C1\OC[C@@H](Cc4ccc(cc4)OC3[C@@H]3CC[C@@H](C)C[C@@H]23)O1. The highest BCUT2D eigenvalue weighted by Gasteiger charge is 2.57. The third kappa shape index (κ3) is 3.30. The van der Waals surface area contributed by atoms with E-state index >= 15 is 0 Å². The molecule has 1 aromatic carbocycles. The van der Waals surface area contributed by atoms with Crippen molar-refractivity contribution in [3.63, 3.8) is 0 Å². The van der Waals surface area contributed by atoms with E-state index in [1.807, 2.05) is 6.08 Å². The number of benzene rings is 1. The molecule has 1 saturated heterocycles. The first kappa shape index (κ1) is 20.1.